The van der Waals surface area contributed by atoms with Crippen LogP contribution in [-0.4, -0.2) is 47.8 Å². The summed E-state index contributed by atoms with van der Waals surface area (Å²) < 4.78 is 22.0. The number of amides is 1. The van der Waals surface area contributed by atoms with E-state index in [9.17, 15) is 19.4 Å². The van der Waals surface area contributed by atoms with Crippen LogP contribution in [0.1, 0.15) is 136 Å². The van der Waals surface area contributed by atoms with E-state index in [1.165, 1.54) is 38.5 Å². The van der Waals surface area contributed by atoms with Crippen molar-refractivity contribution in [3.05, 3.63) is 72.9 Å². The Morgan fingerprint density at radius 3 is 1.85 bits per heavy atom. The molecule has 9 heteroatoms. The molecular weight excluding hydrogens is 623 g/mol. The van der Waals surface area contributed by atoms with Crippen molar-refractivity contribution in [2.24, 2.45) is 5.73 Å². The maximum absolute atomic E-state index is 12.7. The van der Waals surface area contributed by atoms with Crippen LogP contribution in [0.3, 0.4) is 0 Å². The highest BCUT2D eigenvalue weighted by atomic mass is 31.2. The number of nitrogens with one attached hydrogen (secondary N) is 1. The van der Waals surface area contributed by atoms with Crippen molar-refractivity contribution in [2.75, 3.05) is 19.8 Å². The summed E-state index contributed by atoms with van der Waals surface area (Å²) in [6, 6.07) is -0.892. The number of carbonyl (C=O) groups excluding carboxylic acids is 1. The molecule has 0 saturated heterocycles. The molecule has 3 unspecified atom stereocenters. The van der Waals surface area contributed by atoms with Gasteiger partial charge in [-0.25, -0.2) is 4.57 Å². The van der Waals surface area contributed by atoms with Crippen molar-refractivity contribution in [3.63, 3.8) is 0 Å². The van der Waals surface area contributed by atoms with Crippen LogP contribution in [0.25, 0.3) is 0 Å². The van der Waals surface area contributed by atoms with E-state index < -0.39 is 20.0 Å². The van der Waals surface area contributed by atoms with E-state index in [2.05, 4.69) is 79.9 Å². The summed E-state index contributed by atoms with van der Waals surface area (Å²) in [4.78, 5) is 22.6. The van der Waals surface area contributed by atoms with E-state index in [4.69, 9.17) is 14.8 Å². The predicted molar refractivity (Wildman–Crippen MR) is 203 cm³/mol. The second-order valence-corrected chi connectivity index (χ2v) is 13.5. The number of hydrogen-bond donors (Lipinski definition) is 4. The van der Waals surface area contributed by atoms with Crippen LogP contribution in [0, 0.1) is 0 Å². The maximum atomic E-state index is 12.7. The van der Waals surface area contributed by atoms with Gasteiger partial charge in [0.25, 0.3) is 0 Å². The van der Waals surface area contributed by atoms with Gasteiger partial charge in [0.1, 0.15) is 0 Å². The number of hydrogen-bond acceptors (Lipinski definition) is 6. The number of carbonyl (C=O) groups is 1. The lowest BCUT2D eigenvalue weighted by Crippen LogP contribution is -2.45. The number of unbranched alkanes of at least 4 members (excludes halogenated alkanes) is 11. The topological polar surface area (TPSA) is 131 Å². The first-order valence-corrected chi connectivity index (χ1v) is 20.1. The molecule has 48 heavy (non-hydrogen) atoms. The van der Waals surface area contributed by atoms with Crippen molar-refractivity contribution >= 4 is 13.7 Å². The Morgan fingerprint density at radius 1 is 0.708 bits per heavy atom. The van der Waals surface area contributed by atoms with Crippen LogP contribution in [-0.2, 0) is 18.4 Å². The van der Waals surface area contributed by atoms with Gasteiger partial charge in [0.15, 0.2) is 0 Å². The fourth-order valence-electron chi connectivity index (χ4n) is 4.72. The van der Waals surface area contributed by atoms with Crippen LogP contribution >= 0.6 is 7.82 Å². The summed E-state index contributed by atoms with van der Waals surface area (Å²) >= 11 is 0. The molecule has 0 aliphatic carbocycles. The molecule has 0 aromatic rings. The molecule has 0 rings (SSSR count). The Balaban J connectivity index is 4.43. The van der Waals surface area contributed by atoms with Gasteiger partial charge in [0.2, 0.25) is 5.91 Å². The van der Waals surface area contributed by atoms with E-state index in [1.807, 2.05) is 6.08 Å². The number of phosphoric acid groups is 1. The molecule has 0 aromatic heterocycles. The van der Waals surface area contributed by atoms with Crippen LogP contribution in [0.2, 0.25) is 0 Å². The zero-order chi connectivity index (χ0) is 35.4. The lowest BCUT2D eigenvalue weighted by molar-refractivity contribution is -0.123. The number of nitrogens with two attached hydrogens (primary N) is 1. The van der Waals surface area contributed by atoms with Gasteiger partial charge < -0.3 is 21.1 Å². The average Bonchev–Trinajstić information content (AvgIpc) is 3.07. The van der Waals surface area contributed by atoms with Crippen molar-refractivity contribution in [2.45, 2.75) is 148 Å². The lowest BCUT2D eigenvalue weighted by Gasteiger charge is -2.23. The normalized spacial score (nSPS) is 15.2. The smallest absolute Gasteiger partial charge is 0.387 e. The minimum atomic E-state index is -4.35. The van der Waals surface area contributed by atoms with Crippen LogP contribution in [0.5, 0.6) is 0 Å². The minimum Gasteiger partial charge on any atom is -0.387 e. The molecule has 0 saturated carbocycles. The Bertz CT molecular complexity index is 976. The number of aliphatic hydroxyl groups excluding tert-OH is 1. The largest absolute Gasteiger partial charge is 0.472 e. The van der Waals surface area contributed by atoms with Crippen molar-refractivity contribution in [3.8, 4) is 0 Å². The quantitative estimate of drug-likeness (QED) is 0.0306. The number of allylic oxidation sites excluding steroid dienone is 11. The second kappa shape index (κ2) is 34.8. The first kappa shape index (κ1) is 45.9. The summed E-state index contributed by atoms with van der Waals surface area (Å²) in [7, 11) is -4.35. The summed E-state index contributed by atoms with van der Waals surface area (Å²) in [5, 5.41) is 13.5. The average molecular weight is 693 g/mol. The van der Waals surface area contributed by atoms with Crippen LogP contribution in [0.4, 0.5) is 0 Å². The Labute approximate surface area is 293 Å². The molecule has 0 bridgehead atoms. The summed E-state index contributed by atoms with van der Waals surface area (Å²) in [5.41, 5.74) is 5.34. The Hall–Kier alpha value is -2.06. The van der Waals surface area contributed by atoms with E-state index in [1.54, 1.807) is 6.08 Å². The van der Waals surface area contributed by atoms with E-state index in [0.29, 0.717) is 6.42 Å². The van der Waals surface area contributed by atoms with Gasteiger partial charge in [-0.1, -0.05) is 132 Å². The summed E-state index contributed by atoms with van der Waals surface area (Å²) in [6.45, 7) is 3.93. The third kappa shape index (κ3) is 32.5. The van der Waals surface area contributed by atoms with Gasteiger partial charge in [-0.2, -0.15) is 0 Å². The second-order valence-electron chi connectivity index (χ2n) is 12.0. The number of phosphoric ester groups is 1. The zero-order valence-electron chi connectivity index (χ0n) is 30.2. The fraction of sp³-hybridized carbons (Fsp3) is 0.667. The molecule has 0 heterocycles. The van der Waals surface area contributed by atoms with E-state index in [0.717, 1.165) is 77.0 Å². The monoisotopic (exact) mass is 692 g/mol. The molecular formula is C39H69N2O6P. The van der Waals surface area contributed by atoms with Gasteiger partial charge in [0.05, 0.1) is 25.4 Å². The van der Waals surface area contributed by atoms with Crippen molar-refractivity contribution in [1.29, 1.82) is 0 Å². The Kier molecular flexibility index (Phi) is 33.3. The predicted octanol–water partition coefficient (Wildman–Crippen LogP) is 9.71. The SMILES string of the molecule is CC/C=C\C/C=C\C/C=C\C/C=C\CCCCCCC(=O)NC(COP(=O)(O)OCCN)C(O)/C=C/CC/C=C/CCCCCCCC. The van der Waals surface area contributed by atoms with Crippen LogP contribution < -0.4 is 11.1 Å². The van der Waals surface area contributed by atoms with Crippen molar-refractivity contribution < 1.29 is 28.4 Å². The van der Waals surface area contributed by atoms with Gasteiger partial charge in [-0.3, -0.25) is 13.8 Å². The highest BCUT2D eigenvalue weighted by Crippen LogP contribution is 2.43. The standard InChI is InChI=1S/C39H69N2O6P/c1-3-5-7-9-11-13-15-17-18-19-20-21-23-25-27-29-31-33-39(43)41-37(36-47-48(44,45)46-35-34-40)38(42)32-30-28-26-24-22-16-14-12-10-8-6-4-2/h5,7,11,13,17-18,20-22,24,30,32,37-38,42H,3-4,6,8-10,12,14-16,19,23,25-29,31,33-36,40H2,1-2H3,(H,41,43)(H,44,45)/b7-5-,13-11-,18-17-,21-20-,24-22+,32-30+. The highest BCUT2D eigenvalue weighted by molar-refractivity contribution is 7.47. The third-order valence-corrected chi connectivity index (χ3v) is 8.50. The Morgan fingerprint density at radius 2 is 1.23 bits per heavy atom. The molecule has 0 aromatic carbocycles. The number of aliphatic hydroxyl groups is 1. The van der Waals surface area contributed by atoms with Gasteiger partial charge >= 0.3 is 7.82 Å². The summed E-state index contributed by atoms with van der Waals surface area (Å²) in [5.74, 6) is -0.233. The molecule has 276 valence electrons. The minimum absolute atomic E-state index is 0.0658. The summed E-state index contributed by atoms with van der Waals surface area (Å²) in [6.07, 6.45) is 43.8. The van der Waals surface area contributed by atoms with E-state index in [-0.39, 0.29) is 25.7 Å². The third-order valence-electron chi connectivity index (χ3n) is 7.52. The van der Waals surface area contributed by atoms with Crippen LogP contribution in [0.15, 0.2) is 72.9 Å². The molecule has 0 fully saturated rings. The van der Waals surface area contributed by atoms with Crippen molar-refractivity contribution in [1.82, 2.24) is 5.32 Å². The van der Waals surface area contributed by atoms with E-state index >= 15 is 0 Å². The molecule has 0 spiro atoms. The maximum Gasteiger partial charge on any atom is 0.472 e. The lowest BCUT2D eigenvalue weighted by atomic mass is 10.1. The fourth-order valence-corrected chi connectivity index (χ4v) is 5.48. The number of rotatable bonds is 33. The molecule has 3 atom stereocenters. The van der Waals surface area contributed by atoms with Gasteiger partial charge in [-0.15, -0.1) is 0 Å². The van der Waals surface area contributed by atoms with Gasteiger partial charge in [0, 0.05) is 13.0 Å². The molecule has 1 amide bonds. The molecule has 0 aliphatic rings. The first-order valence-electron chi connectivity index (χ1n) is 18.6. The molecule has 5 N–H and O–H groups in total. The molecule has 0 aliphatic heterocycles. The first-order chi connectivity index (χ1) is 23.4. The molecule has 8 nitrogen and oxygen atoms in total. The zero-order valence-corrected chi connectivity index (χ0v) is 31.1. The highest BCUT2D eigenvalue weighted by Gasteiger charge is 2.26. The molecule has 0 radical (unpaired) electrons. The van der Waals surface area contributed by atoms with Gasteiger partial charge in [-0.05, 0) is 70.6 Å².